The minimum absolute atomic E-state index is 0.315. The minimum atomic E-state index is -1.29. The third-order valence-corrected chi connectivity index (χ3v) is 4.65. The van der Waals surface area contributed by atoms with Gasteiger partial charge in [0.1, 0.15) is 11.4 Å². The van der Waals surface area contributed by atoms with Crippen LogP contribution in [0.5, 0.6) is 5.75 Å². The maximum atomic E-state index is 12.4. The lowest BCUT2D eigenvalue weighted by Crippen LogP contribution is -2.27. The Balaban J connectivity index is 2.05. The number of carboxylic acid groups (broad SMARTS) is 1. The summed E-state index contributed by atoms with van der Waals surface area (Å²) in [6.07, 6.45) is 1.30. The maximum absolute atomic E-state index is 12.4. The Hall–Kier alpha value is -3.57. The van der Waals surface area contributed by atoms with Crippen LogP contribution in [0.25, 0.3) is 17.2 Å². The molecule has 5 nitrogen and oxygen atoms in total. The zero-order valence-corrected chi connectivity index (χ0v) is 16.3. The number of halogens is 1. The third kappa shape index (κ3) is 4.65. The summed E-state index contributed by atoms with van der Waals surface area (Å²) in [6.45, 7) is 0. The number of aliphatic carboxylic acids is 1. The van der Waals surface area contributed by atoms with Gasteiger partial charge in [-0.05, 0) is 35.9 Å². The fraction of sp³-hybridized carbons (Fsp3) is 0.0435. The largest absolute Gasteiger partial charge is 0.496 e. The normalized spacial score (nSPS) is 11.0. The Bertz CT molecular complexity index is 1060. The van der Waals surface area contributed by atoms with E-state index in [9.17, 15) is 14.7 Å². The van der Waals surface area contributed by atoms with E-state index in [1.807, 2.05) is 30.3 Å². The third-order valence-electron chi connectivity index (χ3n) is 4.25. The fourth-order valence-corrected chi connectivity index (χ4v) is 3.13. The molecule has 146 valence electrons. The monoisotopic (exact) mass is 407 g/mol. The van der Waals surface area contributed by atoms with E-state index >= 15 is 0 Å². The molecule has 0 saturated heterocycles. The Morgan fingerprint density at radius 1 is 0.966 bits per heavy atom. The van der Waals surface area contributed by atoms with Gasteiger partial charge < -0.3 is 15.2 Å². The van der Waals surface area contributed by atoms with Crippen molar-refractivity contribution in [2.24, 2.45) is 0 Å². The molecule has 0 bridgehead atoms. The van der Waals surface area contributed by atoms with E-state index in [4.69, 9.17) is 16.3 Å². The predicted molar refractivity (Wildman–Crippen MR) is 113 cm³/mol. The smallest absolute Gasteiger partial charge is 0.352 e. The molecule has 29 heavy (non-hydrogen) atoms. The summed E-state index contributed by atoms with van der Waals surface area (Å²) in [7, 11) is 1.47. The summed E-state index contributed by atoms with van der Waals surface area (Å²) in [5, 5.41) is 12.4. The predicted octanol–water partition coefficient (Wildman–Crippen LogP) is 4.87. The number of hydrogen-bond acceptors (Lipinski definition) is 3. The Kier molecular flexibility index (Phi) is 6.32. The molecule has 0 aliphatic carbocycles. The molecule has 0 heterocycles. The van der Waals surface area contributed by atoms with Crippen LogP contribution in [0.3, 0.4) is 0 Å². The van der Waals surface area contributed by atoms with Gasteiger partial charge in [-0.2, -0.15) is 0 Å². The number of carboxylic acids is 1. The average Bonchev–Trinajstić information content (AvgIpc) is 2.75. The van der Waals surface area contributed by atoms with Gasteiger partial charge in [0, 0.05) is 16.7 Å². The van der Waals surface area contributed by atoms with Gasteiger partial charge in [0.2, 0.25) is 0 Å². The number of amides is 1. The van der Waals surface area contributed by atoms with Crippen LogP contribution in [0.4, 0.5) is 0 Å². The standard InChI is InChI=1S/C23H18ClNO4/c1-29-20-13-12-17(15-8-4-2-5-9-15)21(24)18(20)14-19(23(27)28)25-22(26)16-10-6-3-7-11-16/h2-14H,1H3,(H,25,26)(H,27,28). The van der Waals surface area contributed by atoms with Gasteiger partial charge in [-0.1, -0.05) is 60.1 Å². The van der Waals surface area contributed by atoms with Crippen LogP contribution in [-0.4, -0.2) is 24.1 Å². The van der Waals surface area contributed by atoms with E-state index in [-0.39, 0.29) is 5.70 Å². The number of rotatable bonds is 6. The van der Waals surface area contributed by atoms with Crippen molar-refractivity contribution in [1.29, 1.82) is 0 Å². The number of carbonyl (C=O) groups excluding carboxylic acids is 1. The Morgan fingerprint density at radius 2 is 1.59 bits per heavy atom. The van der Waals surface area contributed by atoms with Gasteiger partial charge in [-0.15, -0.1) is 0 Å². The zero-order chi connectivity index (χ0) is 20.8. The molecular formula is C23H18ClNO4. The highest BCUT2D eigenvalue weighted by molar-refractivity contribution is 6.35. The van der Waals surface area contributed by atoms with Gasteiger partial charge in [-0.3, -0.25) is 4.79 Å². The first kappa shape index (κ1) is 20.2. The second kappa shape index (κ2) is 9.08. The molecule has 0 fully saturated rings. The van der Waals surface area contributed by atoms with E-state index in [2.05, 4.69) is 5.32 Å². The van der Waals surface area contributed by atoms with Crippen LogP contribution in [0.15, 0.2) is 78.5 Å². The van der Waals surface area contributed by atoms with Crippen LogP contribution in [-0.2, 0) is 4.79 Å². The molecule has 3 rings (SSSR count). The molecule has 0 saturated carbocycles. The number of carbonyl (C=O) groups is 2. The van der Waals surface area contributed by atoms with Crippen LogP contribution in [0.2, 0.25) is 5.02 Å². The molecule has 0 unspecified atom stereocenters. The van der Waals surface area contributed by atoms with Gasteiger partial charge in [0.15, 0.2) is 0 Å². The van der Waals surface area contributed by atoms with Crippen LogP contribution >= 0.6 is 11.6 Å². The van der Waals surface area contributed by atoms with Crippen molar-refractivity contribution in [2.45, 2.75) is 0 Å². The highest BCUT2D eigenvalue weighted by Gasteiger charge is 2.18. The quantitative estimate of drug-likeness (QED) is 0.571. The average molecular weight is 408 g/mol. The number of nitrogens with one attached hydrogen (secondary N) is 1. The SMILES string of the molecule is COc1ccc(-c2ccccc2)c(Cl)c1C=C(NC(=O)c1ccccc1)C(=O)O. The number of methoxy groups -OCH3 is 1. The molecule has 0 aromatic heterocycles. The Morgan fingerprint density at radius 3 is 2.17 bits per heavy atom. The second-order valence-corrected chi connectivity index (χ2v) is 6.47. The van der Waals surface area contributed by atoms with Crippen molar-refractivity contribution in [3.05, 3.63) is 94.6 Å². The summed E-state index contributed by atoms with van der Waals surface area (Å²) in [5.41, 5.74) is 1.99. The van der Waals surface area contributed by atoms with Gasteiger partial charge >= 0.3 is 5.97 Å². The van der Waals surface area contributed by atoms with E-state index in [0.29, 0.717) is 21.9 Å². The van der Waals surface area contributed by atoms with Crippen molar-refractivity contribution < 1.29 is 19.4 Å². The van der Waals surface area contributed by atoms with E-state index < -0.39 is 11.9 Å². The lowest BCUT2D eigenvalue weighted by molar-refractivity contribution is -0.132. The van der Waals surface area contributed by atoms with E-state index in [1.54, 1.807) is 42.5 Å². The topological polar surface area (TPSA) is 75.6 Å². The molecule has 0 aliphatic heterocycles. The van der Waals surface area contributed by atoms with Crippen LogP contribution in [0.1, 0.15) is 15.9 Å². The van der Waals surface area contributed by atoms with Gasteiger partial charge in [0.05, 0.1) is 12.1 Å². The van der Waals surface area contributed by atoms with Crippen LogP contribution < -0.4 is 10.1 Å². The molecule has 3 aromatic carbocycles. The van der Waals surface area contributed by atoms with Crippen molar-refractivity contribution >= 4 is 29.6 Å². The lowest BCUT2D eigenvalue weighted by Gasteiger charge is -2.13. The first-order valence-electron chi connectivity index (χ1n) is 8.74. The summed E-state index contributed by atoms with van der Waals surface area (Å²) >= 11 is 6.60. The van der Waals surface area contributed by atoms with Crippen LogP contribution in [0, 0.1) is 0 Å². The van der Waals surface area contributed by atoms with E-state index in [1.165, 1.54) is 13.2 Å². The molecule has 0 spiro atoms. The van der Waals surface area contributed by atoms with E-state index in [0.717, 1.165) is 11.1 Å². The molecule has 2 N–H and O–H groups in total. The van der Waals surface area contributed by atoms with Crippen molar-refractivity contribution in [1.82, 2.24) is 5.32 Å². The van der Waals surface area contributed by atoms with Crippen molar-refractivity contribution in [3.63, 3.8) is 0 Å². The summed E-state index contributed by atoms with van der Waals surface area (Å²) in [5.74, 6) is -1.44. The molecule has 3 aromatic rings. The number of ether oxygens (including phenoxy) is 1. The van der Waals surface area contributed by atoms with Gasteiger partial charge in [0.25, 0.3) is 5.91 Å². The second-order valence-electron chi connectivity index (χ2n) is 6.09. The zero-order valence-electron chi connectivity index (χ0n) is 15.6. The first-order valence-corrected chi connectivity index (χ1v) is 9.12. The molecule has 0 radical (unpaired) electrons. The molecule has 1 amide bonds. The first-order chi connectivity index (χ1) is 14.0. The summed E-state index contributed by atoms with van der Waals surface area (Å²) in [4.78, 5) is 24.2. The van der Waals surface area contributed by atoms with Crippen molar-refractivity contribution in [2.75, 3.05) is 7.11 Å². The number of hydrogen-bond donors (Lipinski definition) is 2. The molecular weight excluding hydrogens is 390 g/mol. The summed E-state index contributed by atoms with van der Waals surface area (Å²) < 4.78 is 5.35. The lowest BCUT2D eigenvalue weighted by atomic mass is 10.0. The molecule has 0 aliphatic rings. The number of benzene rings is 3. The molecule has 6 heteroatoms. The van der Waals surface area contributed by atoms with Gasteiger partial charge in [-0.25, -0.2) is 4.79 Å². The minimum Gasteiger partial charge on any atom is -0.496 e. The highest BCUT2D eigenvalue weighted by Crippen LogP contribution is 2.37. The fourth-order valence-electron chi connectivity index (χ4n) is 2.81. The Labute approximate surface area is 173 Å². The maximum Gasteiger partial charge on any atom is 0.352 e. The highest BCUT2D eigenvalue weighted by atomic mass is 35.5. The van der Waals surface area contributed by atoms with Crippen molar-refractivity contribution in [3.8, 4) is 16.9 Å². The summed E-state index contributed by atoms with van der Waals surface area (Å²) in [6, 6.07) is 21.3. The molecule has 0 atom stereocenters.